The number of amides is 2. The van der Waals surface area contributed by atoms with Gasteiger partial charge in [0, 0.05) is 6.54 Å². The molecule has 0 bridgehead atoms. The van der Waals surface area contributed by atoms with Gasteiger partial charge in [-0.15, -0.1) is 0 Å². The lowest BCUT2D eigenvalue weighted by atomic mass is 10.1. The topological polar surface area (TPSA) is 108 Å². The number of carbonyl (C=O) groups excluding carboxylic acids is 1. The van der Waals surface area contributed by atoms with Gasteiger partial charge in [-0.1, -0.05) is 19.4 Å². The smallest absolute Gasteiger partial charge is 0.316 e. The first-order valence-electron chi connectivity index (χ1n) is 6.32. The number of urea groups is 1. The average Bonchev–Trinajstić information content (AvgIpc) is 2.36. The molecule has 0 aliphatic heterocycles. The fourth-order valence-electron chi connectivity index (χ4n) is 1.65. The van der Waals surface area contributed by atoms with Gasteiger partial charge in [-0.2, -0.15) is 0 Å². The maximum atomic E-state index is 10.8. The van der Waals surface area contributed by atoms with Gasteiger partial charge in [0.05, 0.1) is 11.8 Å². The van der Waals surface area contributed by atoms with Crippen molar-refractivity contribution < 1.29 is 15.0 Å². The first-order valence-corrected chi connectivity index (χ1v) is 6.32. The molecule has 2 amide bonds. The van der Waals surface area contributed by atoms with Crippen molar-refractivity contribution in [1.29, 1.82) is 0 Å². The van der Waals surface area contributed by atoms with Crippen LogP contribution in [0.3, 0.4) is 0 Å². The van der Waals surface area contributed by atoms with Gasteiger partial charge in [-0.05, 0) is 30.7 Å². The molecule has 0 aliphatic rings. The summed E-state index contributed by atoms with van der Waals surface area (Å²) in [4.78, 5) is 10.8. The summed E-state index contributed by atoms with van der Waals surface area (Å²) in [5, 5.41) is 25.0. The highest BCUT2D eigenvalue weighted by Gasteiger charge is 2.11. The maximum absolute atomic E-state index is 10.8. The molecule has 1 unspecified atom stereocenters. The Labute approximate surface area is 112 Å². The van der Waals surface area contributed by atoms with Gasteiger partial charge >= 0.3 is 6.03 Å². The number of aromatic hydroxyl groups is 1. The number of aliphatic hydroxyl groups is 1. The number of unbranched alkanes of at least 4 members (excludes halogenated alkanes) is 1. The van der Waals surface area contributed by atoms with Crippen LogP contribution in [0.25, 0.3) is 0 Å². The van der Waals surface area contributed by atoms with Crippen LogP contribution in [0.5, 0.6) is 5.75 Å². The Balaban J connectivity index is 2.64. The molecule has 0 aliphatic carbocycles. The van der Waals surface area contributed by atoms with Gasteiger partial charge in [0.25, 0.3) is 0 Å². The molecule has 0 heterocycles. The predicted molar refractivity (Wildman–Crippen MR) is 74.1 cm³/mol. The van der Waals surface area contributed by atoms with E-state index in [4.69, 9.17) is 5.73 Å². The number of rotatable bonds is 7. The van der Waals surface area contributed by atoms with E-state index < -0.39 is 12.1 Å². The largest absolute Gasteiger partial charge is 0.506 e. The quantitative estimate of drug-likeness (QED) is 0.379. The normalized spacial score (nSPS) is 12.1. The van der Waals surface area contributed by atoms with Crippen molar-refractivity contribution in [1.82, 2.24) is 5.32 Å². The van der Waals surface area contributed by atoms with E-state index in [9.17, 15) is 15.0 Å². The van der Waals surface area contributed by atoms with Crippen molar-refractivity contribution in [3.8, 4) is 5.75 Å². The Morgan fingerprint density at radius 1 is 1.47 bits per heavy atom. The van der Waals surface area contributed by atoms with Crippen LogP contribution < -0.4 is 16.4 Å². The second-order valence-electron chi connectivity index (χ2n) is 4.34. The molecule has 6 N–H and O–H groups in total. The summed E-state index contributed by atoms with van der Waals surface area (Å²) in [6, 6.07) is 3.76. The zero-order chi connectivity index (χ0) is 14.3. The third kappa shape index (κ3) is 5.15. The molecular formula is C13H21N3O3. The predicted octanol–water partition coefficient (Wildman–Crippen LogP) is 1.31. The number of aliphatic hydroxyl groups excluding tert-OH is 1. The Morgan fingerprint density at radius 2 is 2.21 bits per heavy atom. The van der Waals surface area contributed by atoms with E-state index in [0.717, 1.165) is 19.4 Å². The van der Waals surface area contributed by atoms with Crippen LogP contribution in [0, 0.1) is 0 Å². The Morgan fingerprint density at radius 3 is 2.84 bits per heavy atom. The summed E-state index contributed by atoms with van der Waals surface area (Å²) in [6.45, 7) is 3.36. The molecule has 106 valence electrons. The fourth-order valence-corrected chi connectivity index (χ4v) is 1.65. The minimum absolute atomic E-state index is 0.0892. The van der Waals surface area contributed by atoms with Crippen molar-refractivity contribution in [2.75, 3.05) is 18.4 Å². The molecule has 0 fully saturated rings. The number of nitrogens with two attached hydrogens (primary N) is 1. The lowest BCUT2D eigenvalue weighted by Crippen LogP contribution is -2.23. The molecule has 6 nitrogen and oxygen atoms in total. The summed E-state index contributed by atoms with van der Waals surface area (Å²) < 4.78 is 0. The van der Waals surface area contributed by atoms with Crippen molar-refractivity contribution in [2.24, 2.45) is 5.73 Å². The van der Waals surface area contributed by atoms with Crippen molar-refractivity contribution in [3.05, 3.63) is 23.8 Å². The Kier molecular flexibility index (Phi) is 6.11. The zero-order valence-corrected chi connectivity index (χ0v) is 11.0. The highest BCUT2D eigenvalue weighted by molar-refractivity contribution is 5.89. The highest BCUT2D eigenvalue weighted by atomic mass is 16.3. The molecule has 1 rings (SSSR count). The van der Waals surface area contributed by atoms with Gasteiger partial charge < -0.3 is 26.6 Å². The standard InChI is InChI=1S/C13H21N3O3/c1-2-3-6-15-8-12(18)9-4-5-11(17)10(7-9)16-13(14)19/h4-5,7,12,15,17-18H,2-3,6,8H2,1H3,(H3,14,16,19). The molecule has 0 spiro atoms. The number of hydrogen-bond acceptors (Lipinski definition) is 4. The van der Waals surface area contributed by atoms with E-state index in [1.54, 1.807) is 6.07 Å². The van der Waals surface area contributed by atoms with Crippen molar-refractivity contribution in [2.45, 2.75) is 25.9 Å². The molecule has 0 radical (unpaired) electrons. The zero-order valence-electron chi connectivity index (χ0n) is 11.0. The number of phenolic OH excluding ortho intramolecular Hbond substituents is 1. The number of phenols is 1. The third-order valence-corrected chi connectivity index (χ3v) is 2.71. The Hall–Kier alpha value is -1.79. The Bertz CT molecular complexity index is 424. The number of benzene rings is 1. The van der Waals surface area contributed by atoms with Gasteiger partial charge in [-0.3, -0.25) is 0 Å². The lowest BCUT2D eigenvalue weighted by molar-refractivity contribution is 0.175. The molecule has 1 atom stereocenters. The number of anilines is 1. The summed E-state index contributed by atoms with van der Waals surface area (Å²) in [7, 11) is 0. The molecular weight excluding hydrogens is 246 g/mol. The number of primary amides is 1. The summed E-state index contributed by atoms with van der Waals surface area (Å²) >= 11 is 0. The monoisotopic (exact) mass is 267 g/mol. The van der Waals surface area contributed by atoms with Gasteiger partial charge in [0.1, 0.15) is 5.75 Å². The molecule has 6 heteroatoms. The summed E-state index contributed by atoms with van der Waals surface area (Å²) in [5.41, 5.74) is 5.79. The van der Waals surface area contributed by atoms with E-state index >= 15 is 0 Å². The average molecular weight is 267 g/mol. The van der Waals surface area contributed by atoms with Crippen molar-refractivity contribution >= 4 is 11.7 Å². The van der Waals surface area contributed by atoms with E-state index in [1.807, 2.05) is 0 Å². The second kappa shape index (κ2) is 7.60. The fraction of sp³-hybridized carbons (Fsp3) is 0.462. The van der Waals surface area contributed by atoms with Gasteiger partial charge in [0.15, 0.2) is 0 Å². The van der Waals surface area contributed by atoms with E-state index in [0.29, 0.717) is 12.1 Å². The van der Waals surface area contributed by atoms with E-state index in [1.165, 1.54) is 12.1 Å². The summed E-state index contributed by atoms with van der Waals surface area (Å²) in [5.74, 6) is -0.0892. The number of nitrogens with one attached hydrogen (secondary N) is 2. The first-order chi connectivity index (χ1) is 9.04. The minimum atomic E-state index is -0.761. The molecule has 0 saturated heterocycles. The van der Waals surface area contributed by atoms with E-state index in [-0.39, 0.29) is 11.4 Å². The summed E-state index contributed by atoms with van der Waals surface area (Å²) in [6.07, 6.45) is 1.44. The van der Waals surface area contributed by atoms with Crippen LogP contribution in [0.1, 0.15) is 31.4 Å². The second-order valence-corrected chi connectivity index (χ2v) is 4.34. The van der Waals surface area contributed by atoms with Crippen LogP contribution in [0.15, 0.2) is 18.2 Å². The molecule has 1 aromatic rings. The van der Waals surface area contributed by atoms with Crippen LogP contribution >= 0.6 is 0 Å². The third-order valence-electron chi connectivity index (χ3n) is 2.71. The molecule has 0 aromatic heterocycles. The highest BCUT2D eigenvalue weighted by Crippen LogP contribution is 2.26. The maximum Gasteiger partial charge on any atom is 0.316 e. The molecule has 0 saturated carbocycles. The van der Waals surface area contributed by atoms with E-state index in [2.05, 4.69) is 17.6 Å². The SMILES string of the molecule is CCCCNCC(O)c1ccc(O)c(NC(N)=O)c1. The first kappa shape index (κ1) is 15.3. The molecule has 19 heavy (non-hydrogen) atoms. The molecule has 1 aromatic carbocycles. The van der Waals surface area contributed by atoms with Crippen LogP contribution in [0.4, 0.5) is 10.5 Å². The van der Waals surface area contributed by atoms with Crippen LogP contribution in [-0.4, -0.2) is 29.3 Å². The van der Waals surface area contributed by atoms with Crippen LogP contribution in [-0.2, 0) is 0 Å². The number of hydrogen-bond donors (Lipinski definition) is 5. The lowest BCUT2D eigenvalue weighted by Gasteiger charge is -2.14. The van der Waals surface area contributed by atoms with Gasteiger partial charge in [-0.25, -0.2) is 4.79 Å². The number of carbonyl (C=O) groups is 1. The minimum Gasteiger partial charge on any atom is -0.506 e. The van der Waals surface area contributed by atoms with Crippen LogP contribution in [0.2, 0.25) is 0 Å². The van der Waals surface area contributed by atoms with Crippen molar-refractivity contribution in [3.63, 3.8) is 0 Å². The van der Waals surface area contributed by atoms with Gasteiger partial charge in [0.2, 0.25) is 0 Å².